The molecule has 0 radical (unpaired) electrons. The highest BCUT2D eigenvalue weighted by molar-refractivity contribution is 5.43. The lowest BCUT2D eigenvalue weighted by Crippen LogP contribution is -2.37. The molecule has 22 heavy (non-hydrogen) atoms. The van der Waals surface area contributed by atoms with Gasteiger partial charge < -0.3 is 5.11 Å². The Bertz CT molecular complexity index is 652. The van der Waals surface area contributed by atoms with Crippen molar-refractivity contribution in [2.75, 3.05) is 13.1 Å². The monoisotopic (exact) mass is 291 g/mol. The van der Waals surface area contributed by atoms with E-state index in [-0.39, 0.29) is 6.10 Å². The van der Waals surface area contributed by atoms with Crippen molar-refractivity contribution in [2.45, 2.75) is 25.5 Å². The van der Waals surface area contributed by atoms with Crippen molar-refractivity contribution in [3.63, 3.8) is 0 Å². The molecule has 0 aliphatic carbocycles. The van der Waals surface area contributed by atoms with E-state index in [0.29, 0.717) is 0 Å². The molecule has 1 aliphatic heterocycles. The van der Waals surface area contributed by atoms with Crippen LogP contribution in [0.4, 0.5) is 0 Å². The fourth-order valence-corrected chi connectivity index (χ4v) is 2.79. The molecule has 2 aromatic carbocycles. The van der Waals surface area contributed by atoms with Gasteiger partial charge in [-0.3, -0.25) is 4.90 Å². The van der Waals surface area contributed by atoms with Gasteiger partial charge in [0.05, 0.1) is 6.10 Å². The van der Waals surface area contributed by atoms with E-state index in [1.165, 1.54) is 5.56 Å². The molecule has 0 spiro atoms. The molecule has 0 bridgehead atoms. The number of nitrogens with zero attached hydrogens (tertiary/aromatic N) is 1. The van der Waals surface area contributed by atoms with Gasteiger partial charge >= 0.3 is 0 Å². The van der Waals surface area contributed by atoms with Crippen molar-refractivity contribution < 1.29 is 5.11 Å². The van der Waals surface area contributed by atoms with Crippen LogP contribution in [0.1, 0.15) is 29.5 Å². The van der Waals surface area contributed by atoms with Crippen LogP contribution in [0.2, 0.25) is 0 Å². The summed E-state index contributed by atoms with van der Waals surface area (Å²) in [6, 6.07) is 18.5. The minimum absolute atomic E-state index is 0.162. The lowest BCUT2D eigenvalue weighted by molar-refractivity contribution is 0.0668. The maximum Gasteiger partial charge on any atom is 0.0667 e. The van der Waals surface area contributed by atoms with E-state index in [4.69, 9.17) is 0 Å². The largest absolute Gasteiger partial charge is 0.392 e. The highest BCUT2D eigenvalue weighted by Crippen LogP contribution is 2.14. The summed E-state index contributed by atoms with van der Waals surface area (Å²) in [5, 5.41) is 9.72. The summed E-state index contributed by atoms with van der Waals surface area (Å²) in [5.41, 5.74) is 3.35. The molecule has 1 N–H and O–H groups in total. The number of likely N-dealkylation sites (tertiary alicyclic amines) is 1. The van der Waals surface area contributed by atoms with Gasteiger partial charge in [-0.2, -0.15) is 0 Å². The summed E-state index contributed by atoms with van der Waals surface area (Å²) in [6.45, 7) is 2.77. The molecule has 1 saturated heterocycles. The average molecular weight is 291 g/mol. The predicted octanol–water partition coefficient (Wildman–Crippen LogP) is 3.04. The standard InChI is InChI=1S/C20H21NO/c22-20-7-4-14-21(16-20)15-19-12-10-18(11-13-19)9-8-17-5-2-1-3-6-17/h1-3,5-6,10-13,20,22H,4,7,14-16H2. The number of benzene rings is 2. The van der Waals surface area contributed by atoms with Gasteiger partial charge in [-0.25, -0.2) is 0 Å². The minimum atomic E-state index is -0.162. The maximum absolute atomic E-state index is 9.72. The number of piperidine rings is 1. The Balaban J connectivity index is 1.62. The number of β-amino-alcohol motifs (C(OH)–C–C–N with tert-alkyl or cyclic N) is 1. The molecular formula is C20H21NO. The molecule has 1 heterocycles. The average Bonchev–Trinajstić information content (AvgIpc) is 2.55. The van der Waals surface area contributed by atoms with Crippen molar-refractivity contribution in [3.05, 3.63) is 71.3 Å². The third kappa shape index (κ3) is 4.21. The highest BCUT2D eigenvalue weighted by atomic mass is 16.3. The molecule has 1 fully saturated rings. The van der Waals surface area contributed by atoms with Crippen molar-refractivity contribution in [2.24, 2.45) is 0 Å². The number of hydrogen-bond acceptors (Lipinski definition) is 2. The molecule has 0 aromatic heterocycles. The van der Waals surface area contributed by atoms with Crippen LogP contribution in [0.3, 0.4) is 0 Å². The molecule has 2 nitrogen and oxygen atoms in total. The van der Waals surface area contributed by atoms with Crippen LogP contribution in [-0.4, -0.2) is 29.2 Å². The summed E-state index contributed by atoms with van der Waals surface area (Å²) in [5.74, 6) is 6.37. The van der Waals surface area contributed by atoms with Gasteiger partial charge in [0.15, 0.2) is 0 Å². The maximum atomic E-state index is 9.72. The number of aliphatic hydroxyl groups excluding tert-OH is 1. The van der Waals surface area contributed by atoms with Gasteiger partial charge in [0.25, 0.3) is 0 Å². The van der Waals surface area contributed by atoms with Crippen molar-refractivity contribution >= 4 is 0 Å². The van der Waals surface area contributed by atoms with Crippen LogP contribution >= 0.6 is 0 Å². The molecule has 0 amide bonds. The zero-order chi connectivity index (χ0) is 15.2. The molecule has 3 rings (SSSR count). The van der Waals surface area contributed by atoms with Crippen LogP contribution in [0.5, 0.6) is 0 Å². The molecule has 1 unspecified atom stereocenters. The Morgan fingerprint density at radius 1 is 0.955 bits per heavy atom. The van der Waals surface area contributed by atoms with Gasteiger partial charge in [-0.1, -0.05) is 42.2 Å². The Morgan fingerprint density at radius 2 is 1.64 bits per heavy atom. The van der Waals surface area contributed by atoms with Gasteiger partial charge in [0.2, 0.25) is 0 Å². The lowest BCUT2D eigenvalue weighted by atomic mass is 10.1. The molecule has 1 aliphatic rings. The second-order valence-electron chi connectivity index (χ2n) is 5.84. The van der Waals surface area contributed by atoms with Gasteiger partial charge in [0, 0.05) is 24.2 Å². The fraction of sp³-hybridized carbons (Fsp3) is 0.300. The van der Waals surface area contributed by atoms with E-state index >= 15 is 0 Å². The Labute approximate surface area is 132 Å². The Kier molecular flexibility index (Phi) is 4.90. The smallest absolute Gasteiger partial charge is 0.0667 e. The first-order valence-electron chi connectivity index (χ1n) is 7.86. The summed E-state index contributed by atoms with van der Waals surface area (Å²) in [6.07, 6.45) is 1.86. The van der Waals surface area contributed by atoms with E-state index in [1.54, 1.807) is 0 Å². The van der Waals surface area contributed by atoms with Crippen molar-refractivity contribution in [1.29, 1.82) is 0 Å². The molecule has 2 heteroatoms. The summed E-state index contributed by atoms with van der Waals surface area (Å²) < 4.78 is 0. The minimum Gasteiger partial charge on any atom is -0.392 e. The quantitative estimate of drug-likeness (QED) is 0.860. The topological polar surface area (TPSA) is 23.5 Å². The van der Waals surface area contributed by atoms with Gasteiger partial charge in [-0.15, -0.1) is 0 Å². The van der Waals surface area contributed by atoms with Gasteiger partial charge in [-0.05, 0) is 49.2 Å². The van der Waals surface area contributed by atoms with E-state index < -0.39 is 0 Å². The first-order chi connectivity index (χ1) is 10.8. The predicted molar refractivity (Wildman–Crippen MR) is 89.4 cm³/mol. The van der Waals surface area contributed by atoms with Crippen LogP contribution in [0.15, 0.2) is 54.6 Å². The third-order valence-electron chi connectivity index (χ3n) is 3.97. The van der Waals surface area contributed by atoms with E-state index in [0.717, 1.165) is 43.6 Å². The van der Waals surface area contributed by atoms with Crippen LogP contribution in [0.25, 0.3) is 0 Å². The number of aliphatic hydroxyl groups is 1. The Morgan fingerprint density at radius 3 is 2.32 bits per heavy atom. The molecule has 0 saturated carbocycles. The van der Waals surface area contributed by atoms with Crippen molar-refractivity contribution in [1.82, 2.24) is 4.90 Å². The van der Waals surface area contributed by atoms with Crippen LogP contribution < -0.4 is 0 Å². The van der Waals surface area contributed by atoms with Crippen molar-refractivity contribution in [3.8, 4) is 11.8 Å². The summed E-state index contributed by atoms with van der Waals surface area (Å²) in [4.78, 5) is 2.32. The second-order valence-corrected chi connectivity index (χ2v) is 5.84. The second kappa shape index (κ2) is 7.26. The van der Waals surface area contributed by atoms with E-state index in [9.17, 15) is 5.11 Å². The van der Waals surface area contributed by atoms with E-state index in [2.05, 4.69) is 41.0 Å². The fourth-order valence-electron chi connectivity index (χ4n) is 2.79. The number of rotatable bonds is 2. The normalized spacial score (nSPS) is 18.5. The van der Waals surface area contributed by atoms with Crippen LogP contribution in [0, 0.1) is 11.8 Å². The third-order valence-corrected chi connectivity index (χ3v) is 3.97. The molecule has 2 aromatic rings. The molecule has 112 valence electrons. The highest BCUT2D eigenvalue weighted by Gasteiger charge is 2.17. The number of hydrogen-bond donors (Lipinski definition) is 1. The lowest BCUT2D eigenvalue weighted by Gasteiger charge is -2.29. The molecule has 1 atom stereocenters. The zero-order valence-electron chi connectivity index (χ0n) is 12.7. The molecular weight excluding hydrogens is 270 g/mol. The first kappa shape index (κ1) is 14.8. The SMILES string of the molecule is OC1CCCN(Cc2ccc(C#Cc3ccccc3)cc2)C1. The summed E-state index contributed by atoms with van der Waals surface area (Å²) in [7, 11) is 0. The zero-order valence-corrected chi connectivity index (χ0v) is 12.7. The van der Waals surface area contributed by atoms with E-state index in [1.807, 2.05) is 30.3 Å². The van der Waals surface area contributed by atoms with Gasteiger partial charge in [0.1, 0.15) is 0 Å². The van der Waals surface area contributed by atoms with Crippen LogP contribution in [-0.2, 0) is 6.54 Å². The summed E-state index contributed by atoms with van der Waals surface area (Å²) >= 11 is 0. The Hall–Kier alpha value is -2.08. The first-order valence-corrected chi connectivity index (χ1v) is 7.86.